The minimum Gasteiger partial charge on any atom is -0.489 e. The Labute approximate surface area is 112 Å². The van der Waals surface area contributed by atoms with Crippen LogP contribution in [0.15, 0.2) is 18.2 Å². The summed E-state index contributed by atoms with van der Waals surface area (Å²) in [5.41, 5.74) is 0.527. The van der Waals surface area contributed by atoms with Crippen molar-refractivity contribution >= 4 is 11.6 Å². The molecule has 1 saturated carbocycles. The third-order valence-electron chi connectivity index (χ3n) is 3.27. The zero-order valence-corrected chi connectivity index (χ0v) is 11.1. The molecule has 2 unspecified atom stereocenters. The molecule has 18 heavy (non-hydrogen) atoms. The zero-order chi connectivity index (χ0) is 13.0. The second kappa shape index (κ2) is 6.08. The van der Waals surface area contributed by atoms with Crippen molar-refractivity contribution in [1.82, 2.24) is 0 Å². The molecule has 1 aromatic carbocycles. The SMILES string of the molecule is COC1CCCC(Oc2cc(Cl)ccc2C#N)C1. The summed E-state index contributed by atoms with van der Waals surface area (Å²) in [6.07, 6.45) is 4.40. The van der Waals surface area contributed by atoms with Crippen LogP contribution in [-0.2, 0) is 4.74 Å². The lowest BCUT2D eigenvalue weighted by molar-refractivity contribution is 0.0209. The van der Waals surface area contributed by atoms with Crippen LogP contribution in [-0.4, -0.2) is 19.3 Å². The van der Waals surface area contributed by atoms with Crippen molar-refractivity contribution < 1.29 is 9.47 Å². The third-order valence-corrected chi connectivity index (χ3v) is 3.50. The normalized spacial score (nSPS) is 23.4. The van der Waals surface area contributed by atoms with Gasteiger partial charge in [-0.15, -0.1) is 0 Å². The summed E-state index contributed by atoms with van der Waals surface area (Å²) >= 11 is 5.93. The molecule has 1 aliphatic rings. The first-order chi connectivity index (χ1) is 8.72. The van der Waals surface area contributed by atoms with Crippen molar-refractivity contribution in [3.63, 3.8) is 0 Å². The highest BCUT2D eigenvalue weighted by Gasteiger charge is 2.23. The Morgan fingerprint density at radius 1 is 1.33 bits per heavy atom. The molecule has 1 aromatic rings. The van der Waals surface area contributed by atoms with Crippen LogP contribution in [0.5, 0.6) is 5.75 Å². The fourth-order valence-corrected chi connectivity index (χ4v) is 2.45. The van der Waals surface area contributed by atoms with E-state index >= 15 is 0 Å². The van der Waals surface area contributed by atoms with Crippen molar-refractivity contribution in [2.75, 3.05) is 7.11 Å². The minimum atomic E-state index is 0.106. The monoisotopic (exact) mass is 265 g/mol. The van der Waals surface area contributed by atoms with Gasteiger partial charge in [0.1, 0.15) is 17.9 Å². The molecule has 3 nitrogen and oxygen atoms in total. The highest BCUT2D eigenvalue weighted by molar-refractivity contribution is 6.30. The predicted octanol–water partition coefficient (Wildman–Crippen LogP) is 3.55. The predicted molar refractivity (Wildman–Crippen MR) is 69.8 cm³/mol. The molecule has 0 bridgehead atoms. The highest BCUT2D eigenvalue weighted by Crippen LogP contribution is 2.29. The van der Waals surface area contributed by atoms with Gasteiger partial charge in [0, 0.05) is 24.6 Å². The van der Waals surface area contributed by atoms with Crippen LogP contribution in [0, 0.1) is 11.3 Å². The maximum absolute atomic E-state index is 9.04. The summed E-state index contributed by atoms with van der Waals surface area (Å²) in [6, 6.07) is 7.22. The summed E-state index contributed by atoms with van der Waals surface area (Å²) in [5.74, 6) is 0.576. The molecule has 4 heteroatoms. The molecule has 1 aliphatic carbocycles. The van der Waals surface area contributed by atoms with E-state index in [-0.39, 0.29) is 12.2 Å². The number of methoxy groups -OCH3 is 1. The second-order valence-electron chi connectivity index (χ2n) is 4.52. The van der Waals surface area contributed by atoms with Crippen molar-refractivity contribution in [1.29, 1.82) is 5.26 Å². The first kappa shape index (κ1) is 13.2. The number of rotatable bonds is 3. The molecule has 0 aliphatic heterocycles. The van der Waals surface area contributed by atoms with E-state index in [1.807, 2.05) is 0 Å². The minimum absolute atomic E-state index is 0.106. The topological polar surface area (TPSA) is 42.2 Å². The Morgan fingerprint density at radius 3 is 2.83 bits per heavy atom. The van der Waals surface area contributed by atoms with Crippen LogP contribution in [0.25, 0.3) is 0 Å². The Kier molecular flexibility index (Phi) is 4.46. The molecule has 96 valence electrons. The molecule has 2 atom stereocenters. The van der Waals surface area contributed by atoms with Gasteiger partial charge in [-0.1, -0.05) is 11.6 Å². The molecule has 1 fully saturated rings. The van der Waals surface area contributed by atoms with Crippen LogP contribution >= 0.6 is 11.6 Å². The standard InChI is InChI=1S/C14H16ClNO2/c1-17-12-3-2-4-13(8-12)18-14-7-11(15)6-5-10(14)9-16/h5-7,12-13H,2-4,8H2,1H3. The van der Waals surface area contributed by atoms with Crippen LogP contribution in [0.1, 0.15) is 31.2 Å². The first-order valence-corrected chi connectivity index (χ1v) is 6.50. The summed E-state index contributed by atoms with van der Waals surface area (Å²) in [4.78, 5) is 0. The van der Waals surface area contributed by atoms with Gasteiger partial charge in [-0.25, -0.2) is 0 Å². The van der Waals surface area contributed by atoms with Crippen molar-refractivity contribution in [3.05, 3.63) is 28.8 Å². The lowest BCUT2D eigenvalue weighted by atomic mass is 9.95. The van der Waals surface area contributed by atoms with E-state index in [1.54, 1.807) is 25.3 Å². The number of nitriles is 1. The molecular weight excluding hydrogens is 250 g/mol. The first-order valence-electron chi connectivity index (χ1n) is 6.12. The number of nitrogens with zero attached hydrogens (tertiary/aromatic N) is 1. The van der Waals surface area contributed by atoms with Crippen LogP contribution in [0.3, 0.4) is 0 Å². The molecule has 0 amide bonds. The molecule has 0 aromatic heterocycles. The summed E-state index contributed by atoms with van der Waals surface area (Å²) < 4.78 is 11.3. The molecule has 2 rings (SSSR count). The van der Waals surface area contributed by atoms with Crippen molar-refractivity contribution in [2.45, 2.75) is 37.9 Å². The lowest BCUT2D eigenvalue weighted by Gasteiger charge is -2.28. The summed E-state index contributed by atoms with van der Waals surface area (Å²) in [6.45, 7) is 0. The van der Waals surface area contributed by atoms with Crippen molar-refractivity contribution in [3.8, 4) is 11.8 Å². The average Bonchev–Trinajstić information content (AvgIpc) is 2.39. The van der Waals surface area contributed by atoms with E-state index in [4.69, 9.17) is 26.3 Å². The quantitative estimate of drug-likeness (QED) is 0.839. The third kappa shape index (κ3) is 3.16. The van der Waals surface area contributed by atoms with Crippen LogP contribution in [0.4, 0.5) is 0 Å². The number of ether oxygens (including phenoxy) is 2. The summed E-state index contributed by atoms with van der Waals surface area (Å²) in [7, 11) is 1.73. The fourth-order valence-electron chi connectivity index (χ4n) is 2.29. The molecule has 0 heterocycles. The van der Waals surface area contributed by atoms with Gasteiger partial charge in [-0.3, -0.25) is 0 Å². The van der Waals surface area contributed by atoms with Gasteiger partial charge in [0.05, 0.1) is 11.7 Å². The zero-order valence-electron chi connectivity index (χ0n) is 10.4. The maximum atomic E-state index is 9.04. The number of halogens is 1. The number of benzene rings is 1. The van der Waals surface area contributed by atoms with E-state index in [1.165, 1.54) is 0 Å². The van der Waals surface area contributed by atoms with Gasteiger partial charge >= 0.3 is 0 Å². The Morgan fingerprint density at radius 2 is 2.11 bits per heavy atom. The molecule has 0 saturated heterocycles. The smallest absolute Gasteiger partial charge is 0.138 e. The second-order valence-corrected chi connectivity index (χ2v) is 4.95. The van der Waals surface area contributed by atoms with E-state index in [2.05, 4.69) is 6.07 Å². The lowest BCUT2D eigenvalue weighted by Crippen LogP contribution is -2.29. The van der Waals surface area contributed by atoms with E-state index in [0.29, 0.717) is 16.3 Å². The number of hydrogen-bond acceptors (Lipinski definition) is 3. The maximum Gasteiger partial charge on any atom is 0.138 e. The van der Waals surface area contributed by atoms with Gasteiger partial charge in [-0.05, 0) is 31.4 Å². The molecule has 0 radical (unpaired) electrons. The van der Waals surface area contributed by atoms with Gasteiger partial charge in [-0.2, -0.15) is 5.26 Å². The Balaban J connectivity index is 2.09. The fraction of sp³-hybridized carbons (Fsp3) is 0.500. The molecule has 0 spiro atoms. The largest absolute Gasteiger partial charge is 0.489 e. The van der Waals surface area contributed by atoms with Gasteiger partial charge in [0.25, 0.3) is 0 Å². The number of hydrogen-bond donors (Lipinski definition) is 0. The van der Waals surface area contributed by atoms with E-state index in [9.17, 15) is 0 Å². The van der Waals surface area contributed by atoms with Crippen LogP contribution in [0.2, 0.25) is 5.02 Å². The average molecular weight is 266 g/mol. The van der Waals surface area contributed by atoms with Gasteiger partial charge in [0.2, 0.25) is 0 Å². The van der Waals surface area contributed by atoms with E-state index < -0.39 is 0 Å². The highest BCUT2D eigenvalue weighted by atomic mass is 35.5. The van der Waals surface area contributed by atoms with Gasteiger partial charge < -0.3 is 9.47 Å². The Bertz CT molecular complexity index is 456. The summed E-state index contributed by atoms with van der Waals surface area (Å²) in [5, 5.41) is 9.63. The molecule has 0 N–H and O–H groups in total. The van der Waals surface area contributed by atoms with E-state index in [0.717, 1.165) is 25.7 Å². The Hall–Kier alpha value is -1.24. The van der Waals surface area contributed by atoms with Gasteiger partial charge in [0.15, 0.2) is 0 Å². The molecular formula is C14H16ClNO2. The van der Waals surface area contributed by atoms with Crippen molar-refractivity contribution in [2.24, 2.45) is 0 Å². The van der Waals surface area contributed by atoms with Crippen LogP contribution < -0.4 is 4.74 Å².